The van der Waals surface area contributed by atoms with Crippen molar-refractivity contribution in [2.24, 2.45) is 0 Å². The van der Waals surface area contributed by atoms with Crippen LogP contribution in [0.1, 0.15) is 22.8 Å². The molecule has 1 rings (SSSR count). The molecule has 1 amide bonds. The molecule has 0 aliphatic heterocycles. The third-order valence-corrected chi connectivity index (χ3v) is 2.61. The predicted molar refractivity (Wildman–Crippen MR) is 65.4 cm³/mol. The summed E-state index contributed by atoms with van der Waals surface area (Å²) in [6.07, 6.45) is 0.732. The number of carbonyl (C=O) groups is 2. The highest BCUT2D eigenvalue weighted by molar-refractivity contribution is 5.81. The lowest BCUT2D eigenvalue weighted by Gasteiger charge is -2.16. The van der Waals surface area contributed by atoms with Crippen molar-refractivity contribution in [2.45, 2.75) is 13.8 Å². The molecule has 0 heterocycles. The van der Waals surface area contributed by atoms with Crippen LogP contribution in [0.5, 0.6) is 5.75 Å². The average Bonchev–Trinajstić information content (AvgIpc) is 2.35. The van der Waals surface area contributed by atoms with E-state index in [1.54, 1.807) is 24.1 Å². The second kappa shape index (κ2) is 6.03. The Balaban J connectivity index is 2.75. The van der Waals surface area contributed by atoms with Gasteiger partial charge in [-0.25, -0.2) is 0 Å². The van der Waals surface area contributed by atoms with Gasteiger partial charge >= 0.3 is 0 Å². The van der Waals surface area contributed by atoms with Crippen molar-refractivity contribution in [1.29, 1.82) is 0 Å². The molecule has 0 radical (unpaired) electrons. The summed E-state index contributed by atoms with van der Waals surface area (Å²) in [7, 11) is 1.71. The molecule has 1 aromatic carbocycles. The first-order chi connectivity index (χ1) is 8.10. The fraction of sp³-hybridized carbons (Fsp3) is 0.385. The highest BCUT2D eigenvalue weighted by Crippen LogP contribution is 2.21. The van der Waals surface area contributed by atoms with E-state index in [1.807, 2.05) is 19.9 Å². The second-order valence-corrected chi connectivity index (χ2v) is 3.81. The van der Waals surface area contributed by atoms with E-state index in [-0.39, 0.29) is 12.5 Å². The second-order valence-electron chi connectivity index (χ2n) is 3.81. The molecule has 4 nitrogen and oxygen atoms in total. The van der Waals surface area contributed by atoms with Gasteiger partial charge in [0.25, 0.3) is 5.91 Å². The van der Waals surface area contributed by atoms with Crippen LogP contribution in [-0.2, 0) is 4.79 Å². The average molecular weight is 235 g/mol. The Bertz CT molecular complexity index is 415. The molecule has 0 unspecified atom stereocenters. The number of aryl methyl sites for hydroxylation is 1. The minimum Gasteiger partial charge on any atom is -0.483 e. The van der Waals surface area contributed by atoms with Gasteiger partial charge < -0.3 is 9.64 Å². The summed E-state index contributed by atoms with van der Waals surface area (Å²) in [6, 6.07) is 5.30. The van der Waals surface area contributed by atoms with Gasteiger partial charge in [0.15, 0.2) is 12.9 Å². The van der Waals surface area contributed by atoms with Gasteiger partial charge in [-0.1, -0.05) is 12.1 Å². The number of ether oxygens (including phenoxy) is 1. The van der Waals surface area contributed by atoms with E-state index in [0.717, 1.165) is 11.8 Å². The zero-order valence-corrected chi connectivity index (χ0v) is 10.4. The van der Waals surface area contributed by atoms with E-state index in [0.29, 0.717) is 17.9 Å². The molecule has 0 aromatic heterocycles. The Morgan fingerprint density at radius 2 is 2.18 bits per heavy atom. The van der Waals surface area contributed by atoms with Gasteiger partial charge in [0.2, 0.25) is 0 Å². The molecule has 0 spiro atoms. The minimum atomic E-state index is -0.104. The smallest absolute Gasteiger partial charge is 0.260 e. The lowest BCUT2D eigenvalue weighted by molar-refractivity contribution is -0.131. The van der Waals surface area contributed by atoms with Gasteiger partial charge in [0.05, 0.1) is 5.56 Å². The zero-order valence-electron chi connectivity index (χ0n) is 10.4. The third kappa shape index (κ3) is 3.31. The fourth-order valence-electron chi connectivity index (χ4n) is 1.39. The summed E-state index contributed by atoms with van der Waals surface area (Å²) in [4.78, 5) is 24.0. The number of aldehydes is 1. The first-order valence-corrected chi connectivity index (χ1v) is 5.51. The molecular weight excluding hydrogens is 218 g/mol. The Kier molecular flexibility index (Phi) is 4.69. The highest BCUT2D eigenvalue weighted by Gasteiger charge is 2.11. The van der Waals surface area contributed by atoms with Crippen LogP contribution in [0.25, 0.3) is 0 Å². The normalized spacial score (nSPS) is 9.82. The fourth-order valence-corrected chi connectivity index (χ4v) is 1.39. The number of benzene rings is 1. The van der Waals surface area contributed by atoms with Crippen molar-refractivity contribution in [3.63, 3.8) is 0 Å². The third-order valence-electron chi connectivity index (χ3n) is 2.61. The molecule has 0 atom stereocenters. The first-order valence-electron chi connectivity index (χ1n) is 5.51. The van der Waals surface area contributed by atoms with Crippen molar-refractivity contribution < 1.29 is 14.3 Å². The van der Waals surface area contributed by atoms with Gasteiger partial charge in [-0.15, -0.1) is 0 Å². The van der Waals surface area contributed by atoms with Gasteiger partial charge in [-0.3, -0.25) is 9.59 Å². The van der Waals surface area contributed by atoms with E-state index in [4.69, 9.17) is 4.74 Å². The molecule has 4 heteroatoms. The summed E-state index contributed by atoms with van der Waals surface area (Å²) in [5.41, 5.74) is 1.32. The minimum absolute atomic E-state index is 0.0456. The van der Waals surface area contributed by atoms with Crippen LogP contribution in [-0.4, -0.2) is 37.3 Å². The zero-order chi connectivity index (χ0) is 12.8. The topological polar surface area (TPSA) is 46.6 Å². The van der Waals surface area contributed by atoms with Crippen LogP contribution in [0.3, 0.4) is 0 Å². The number of hydrogen-bond donors (Lipinski definition) is 0. The van der Waals surface area contributed by atoms with Crippen LogP contribution >= 0.6 is 0 Å². The lowest BCUT2D eigenvalue weighted by atomic mass is 10.1. The Morgan fingerprint density at radius 1 is 1.47 bits per heavy atom. The monoisotopic (exact) mass is 235 g/mol. The van der Waals surface area contributed by atoms with Crippen molar-refractivity contribution in [2.75, 3.05) is 20.2 Å². The number of nitrogens with zero attached hydrogens (tertiary/aromatic N) is 1. The largest absolute Gasteiger partial charge is 0.483 e. The molecule has 0 N–H and O–H groups in total. The SMILES string of the molecule is CCN(C)C(=O)COc1c(C)cccc1C=O. The molecule has 1 aromatic rings. The highest BCUT2D eigenvalue weighted by atomic mass is 16.5. The number of rotatable bonds is 5. The predicted octanol–water partition coefficient (Wildman–Crippen LogP) is 1.66. The molecule has 0 aliphatic rings. The molecule has 0 fully saturated rings. The van der Waals surface area contributed by atoms with Crippen molar-refractivity contribution in [1.82, 2.24) is 4.90 Å². The summed E-state index contributed by atoms with van der Waals surface area (Å²) < 4.78 is 5.42. The Hall–Kier alpha value is -1.84. The Labute approximate surface area is 101 Å². The molecule has 0 saturated heterocycles. The van der Waals surface area contributed by atoms with Gasteiger partial charge in [-0.05, 0) is 25.5 Å². The lowest BCUT2D eigenvalue weighted by Crippen LogP contribution is -2.31. The van der Waals surface area contributed by atoms with Crippen molar-refractivity contribution >= 4 is 12.2 Å². The maximum Gasteiger partial charge on any atom is 0.260 e. The number of carbonyl (C=O) groups excluding carboxylic acids is 2. The van der Waals surface area contributed by atoms with Crippen LogP contribution < -0.4 is 4.74 Å². The van der Waals surface area contributed by atoms with E-state index in [9.17, 15) is 9.59 Å². The van der Waals surface area contributed by atoms with Gasteiger partial charge in [0, 0.05) is 13.6 Å². The standard InChI is InChI=1S/C13H17NO3/c1-4-14(3)12(16)9-17-13-10(2)6-5-7-11(13)8-15/h5-8H,4,9H2,1-3H3. The summed E-state index contributed by atoms with van der Waals surface area (Å²) in [6.45, 7) is 4.32. The van der Waals surface area contributed by atoms with E-state index < -0.39 is 0 Å². The van der Waals surface area contributed by atoms with Crippen LogP contribution in [0.2, 0.25) is 0 Å². The number of para-hydroxylation sites is 1. The van der Waals surface area contributed by atoms with E-state index >= 15 is 0 Å². The molecule has 92 valence electrons. The molecule has 0 aliphatic carbocycles. The van der Waals surface area contributed by atoms with Crippen molar-refractivity contribution in [3.8, 4) is 5.75 Å². The van der Waals surface area contributed by atoms with E-state index in [2.05, 4.69) is 0 Å². The quantitative estimate of drug-likeness (QED) is 0.729. The van der Waals surface area contributed by atoms with Gasteiger partial charge in [0.1, 0.15) is 5.75 Å². The number of hydrogen-bond acceptors (Lipinski definition) is 3. The van der Waals surface area contributed by atoms with Crippen LogP contribution in [0.4, 0.5) is 0 Å². The summed E-state index contributed by atoms with van der Waals surface area (Å²) >= 11 is 0. The molecular formula is C13H17NO3. The van der Waals surface area contributed by atoms with E-state index in [1.165, 1.54) is 0 Å². The number of amides is 1. The van der Waals surface area contributed by atoms with Crippen LogP contribution in [0.15, 0.2) is 18.2 Å². The maximum atomic E-state index is 11.6. The Morgan fingerprint density at radius 3 is 2.76 bits per heavy atom. The molecule has 17 heavy (non-hydrogen) atoms. The maximum absolute atomic E-state index is 11.6. The molecule has 0 bridgehead atoms. The molecule has 0 saturated carbocycles. The number of likely N-dealkylation sites (N-methyl/N-ethyl adjacent to an activating group) is 1. The van der Waals surface area contributed by atoms with Crippen LogP contribution in [0, 0.1) is 6.92 Å². The first kappa shape index (κ1) is 13.2. The summed E-state index contributed by atoms with van der Waals surface area (Å²) in [5.74, 6) is 0.382. The summed E-state index contributed by atoms with van der Waals surface area (Å²) in [5, 5.41) is 0. The van der Waals surface area contributed by atoms with Gasteiger partial charge in [-0.2, -0.15) is 0 Å². The van der Waals surface area contributed by atoms with Crippen molar-refractivity contribution in [3.05, 3.63) is 29.3 Å².